The van der Waals surface area contributed by atoms with Crippen LogP contribution in [0.1, 0.15) is 22.5 Å². The molecule has 0 saturated heterocycles. The third-order valence-corrected chi connectivity index (χ3v) is 3.51. The number of aromatic amines is 1. The molecule has 3 nitrogen and oxygen atoms in total. The molecule has 0 aliphatic rings. The first-order chi connectivity index (χ1) is 11.5. The predicted octanol–water partition coefficient (Wildman–Crippen LogP) is 4.60. The van der Waals surface area contributed by atoms with Gasteiger partial charge in [0.15, 0.2) is 0 Å². The third kappa shape index (κ3) is 4.16. The van der Waals surface area contributed by atoms with Gasteiger partial charge in [0.1, 0.15) is 18.2 Å². The Labute approximate surface area is 137 Å². The molecule has 124 valence electrons. The summed E-state index contributed by atoms with van der Waals surface area (Å²) in [5.74, 6) is 1.48. The Morgan fingerprint density at radius 1 is 1.00 bits per heavy atom. The number of nitrogens with zero attached hydrogens (tertiary/aromatic N) is 1. The molecule has 0 radical (unpaired) electrons. The van der Waals surface area contributed by atoms with Crippen LogP contribution in [0.15, 0.2) is 60.9 Å². The van der Waals surface area contributed by atoms with Gasteiger partial charge in [-0.1, -0.05) is 24.3 Å². The van der Waals surface area contributed by atoms with E-state index in [-0.39, 0.29) is 6.61 Å². The number of ether oxygens (including phenoxy) is 1. The number of nitrogens with one attached hydrogen (secondary N) is 1. The number of hydrogen-bond donors (Lipinski definition) is 1. The quantitative estimate of drug-likeness (QED) is 0.741. The zero-order valence-corrected chi connectivity index (χ0v) is 12.7. The van der Waals surface area contributed by atoms with Crippen molar-refractivity contribution >= 4 is 0 Å². The topological polar surface area (TPSA) is 37.9 Å². The van der Waals surface area contributed by atoms with Crippen LogP contribution < -0.4 is 4.74 Å². The fourth-order valence-corrected chi connectivity index (χ4v) is 2.30. The largest absolute Gasteiger partial charge is 0.489 e. The summed E-state index contributed by atoms with van der Waals surface area (Å²) in [6.07, 6.45) is -0.200. The minimum absolute atomic E-state index is 0.0848. The van der Waals surface area contributed by atoms with E-state index in [0.29, 0.717) is 17.7 Å². The van der Waals surface area contributed by atoms with Gasteiger partial charge in [0.05, 0.1) is 5.56 Å². The first-order valence-electron chi connectivity index (χ1n) is 7.37. The minimum atomic E-state index is -4.34. The van der Waals surface area contributed by atoms with Crippen LogP contribution >= 0.6 is 0 Å². The third-order valence-electron chi connectivity index (χ3n) is 3.51. The van der Waals surface area contributed by atoms with Gasteiger partial charge in [0, 0.05) is 18.8 Å². The molecule has 0 atom stereocenters. The molecule has 24 heavy (non-hydrogen) atoms. The lowest BCUT2D eigenvalue weighted by atomic mass is 10.1. The van der Waals surface area contributed by atoms with Crippen molar-refractivity contribution in [1.29, 1.82) is 0 Å². The summed E-state index contributed by atoms with van der Waals surface area (Å²) in [5, 5.41) is 0. The molecule has 0 aliphatic carbocycles. The molecule has 0 saturated carbocycles. The smallest absolute Gasteiger partial charge is 0.416 e. The second-order valence-electron chi connectivity index (χ2n) is 5.34. The van der Waals surface area contributed by atoms with Crippen molar-refractivity contribution < 1.29 is 17.9 Å². The van der Waals surface area contributed by atoms with Gasteiger partial charge in [-0.15, -0.1) is 0 Å². The first kappa shape index (κ1) is 16.1. The second kappa shape index (κ2) is 6.78. The number of hydrogen-bond acceptors (Lipinski definition) is 2. The van der Waals surface area contributed by atoms with Gasteiger partial charge >= 0.3 is 6.18 Å². The maximum Gasteiger partial charge on any atom is 0.416 e. The molecule has 1 heterocycles. The molecule has 0 unspecified atom stereocenters. The minimum Gasteiger partial charge on any atom is -0.489 e. The van der Waals surface area contributed by atoms with Gasteiger partial charge < -0.3 is 9.72 Å². The predicted molar refractivity (Wildman–Crippen MR) is 83.6 cm³/mol. The van der Waals surface area contributed by atoms with Gasteiger partial charge in [0.2, 0.25) is 0 Å². The number of imidazole rings is 1. The zero-order chi connectivity index (χ0) is 17.0. The van der Waals surface area contributed by atoms with Crippen LogP contribution in [0.3, 0.4) is 0 Å². The van der Waals surface area contributed by atoms with Crippen molar-refractivity contribution in [3.05, 3.63) is 83.4 Å². The van der Waals surface area contributed by atoms with Gasteiger partial charge in [-0.2, -0.15) is 13.2 Å². The van der Waals surface area contributed by atoms with E-state index in [2.05, 4.69) is 9.97 Å². The van der Waals surface area contributed by atoms with E-state index >= 15 is 0 Å². The normalized spacial score (nSPS) is 11.5. The lowest BCUT2D eigenvalue weighted by Gasteiger charge is -2.10. The summed E-state index contributed by atoms with van der Waals surface area (Å²) >= 11 is 0. The number of alkyl halides is 3. The van der Waals surface area contributed by atoms with Crippen LogP contribution in [-0.2, 0) is 19.2 Å². The molecule has 2 aromatic carbocycles. The Hall–Kier alpha value is -2.76. The zero-order valence-electron chi connectivity index (χ0n) is 12.7. The van der Waals surface area contributed by atoms with Crippen molar-refractivity contribution in [3.8, 4) is 5.75 Å². The first-order valence-corrected chi connectivity index (χ1v) is 7.37. The van der Waals surface area contributed by atoms with Gasteiger partial charge in [-0.25, -0.2) is 4.98 Å². The SMILES string of the molecule is FC(F)(F)c1cccc(COc2ccc(Cc3ncc[nH]3)cc2)c1. The van der Waals surface area contributed by atoms with Crippen molar-refractivity contribution in [2.75, 3.05) is 0 Å². The van der Waals surface area contributed by atoms with Crippen LogP contribution in [0.4, 0.5) is 13.2 Å². The molecule has 3 rings (SSSR count). The maximum absolute atomic E-state index is 12.7. The molecule has 0 amide bonds. The van der Waals surface area contributed by atoms with Crippen molar-refractivity contribution in [2.45, 2.75) is 19.2 Å². The lowest BCUT2D eigenvalue weighted by molar-refractivity contribution is -0.137. The van der Waals surface area contributed by atoms with E-state index in [1.54, 1.807) is 30.6 Å². The number of aromatic nitrogens is 2. The highest BCUT2D eigenvalue weighted by atomic mass is 19.4. The highest BCUT2D eigenvalue weighted by molar-refractivity contribution is 5.30. The molecule has 3 aromatic rings. The summed E-state index contributed by atoms with van der Waals surface area (Å²) in [6, 6.07) is 12.6. The average molecular weight is 332 g/mol. The average Bonchev–Trinajstić information content (AvgIpc) is 3.07. The summed E-state index contributed by atoms with van der Waals surface area (Å²) in [5.41, 5.74) is 0.873. The van der Waals surface area contributed by atoms with E-state index in [1.165, 1.54) is 6.07 Å². The summed E-state index contributed by atoms with van der Waals surface area (Å²) < 4.78 is 43.6. The number of rotatable bonds is 5. The molecule has 6 heteroatoms. The second-order valence-corrected chi connectivity index (χ2v) is 5.34. The van der Waals surface area contributed by atoms with E-state index in [9.17, 15) is 13.2 Å². The Kier molecular flexibility index (Phi) is 4.55. The van der Waals surface area contributed by atoms with E-state index in [0.717, 1.165) is 23.5 Å². The molecule has 0 aliphatic heterocycles. The summed E-state index contributed by atoms with van der Waals surface area (Å²) in [4.78, 5) is 7.19. The highest BCUT2D eigenvalue weighted by Gasteiger charge is 2.30. The van der Waals surface area contributed by atoms with Gasteiger partial charge in [0.25, 0.3) is 0 Å². The maximum atomic E-state index is 12.7. The van der Waals surface area contributed by atoms with Crippen molar-refractivity contribution in [3.63, 3.8) is 0 Å². The van der Waals surface area contributed by atoms with Crippen molar-refractivity contribution in [2.24, 2.45) is 0 Å². The number of benzene rings is 2. The van der Waals surface area contributed by atoms with Crippen LogP contribution in [0.2, 0.25) is 0 Å². The van der Waals surface area contributed by atoms with Crippen LogP contribution in [0.25, 0.3) is 0 Å². The Morgan fingerprint density at radius 2 is 1.79 bits per heavy atom. The highest BCUT2D eigenvalue weighted by Crippen LogP contribution is 2.29. The van der Waals surface area contributed by atoms with Crippen molar-refractivity contribution in [1.82, 2.24) is 9.97 Å². The summed E-state index contributed by atoms with van der Waals surface area (Å²) in [6.45, 7) is 0.0848. The van der Waals surface area contributed by atoms with E-state index < -0.39 is 11.7 Å². The molecular weight excluding hydrogens is 317 g/mol. The molecule has 0 spiro atoms. The van der Waals surface area contributed by atoms with E-state index in [1.807, 2.05) is 12.1 Å². The fraction of sp³-hybridized carbons (Fsp3) is 0.167. The van der Waals surface area contributed by atoms with Crippen LogP contribution in [-0.4, -0.2) is 9.97 Å². The lowest BCUT2D eigenvalue weighted by Crippen LogP contribution is -2.06. The number of H-pyrrole nitrogens is 1. The van der Waals surface area contributed by atoms with Crippen LogP contribution in [0.5, 0.6) is 5.75 Å². The summed E-state index contributed by atoms with van der Waals surface area (Å²) in [7, 11) is 0. The molecular formula is C18H15F3N2O. The molecule has 1 aromatic heterocycles. The fourth-order valence-electron chi connectivity index (χ4n) is 2.30. The molecule has 0 fully saturated rings. The van der Waals surface area contributed by atoms with E-state index in [4.69, 9.17) is 4.74 Å². The Balaban J connectivity index is 1.61. The van der Waals surface area contributed by atoms with Gasteiger partial charge in [-0.3, -0.25) is 0 Å². The number of halogens is 3. The standard InChI is InChI=1S/C18H15F3N2O/c19-18(20,21)15-3-1-2-14(10-15)12-24-16-6-4-13(5-7-16)11-17-22-8-9-23-17/h1-10H,11-12H2,(H,22,23). The monoisotopic (exact) mass is 332 g/mol. The Morgan fingerprint density at radius 3 is 2.46 bits per heavy atom. The van der Waals surface area contributed by atoms with Crippen LogP contribution in [0, 0.1) is 0 Å². The molecule has 0 bridgehead atoms. The Bertz CT molecular complexity index is 781. The van der Waals surface area contributed by atoms with Gasteiger partial charge in [-0.05, 0) is 35.4 Å². The molecule has 1 N–H and O–H groups in total.